The molecule has 3 heteroatoms. The predicted molar refractivity (Wildman–Crippen MR) is 94.9 cm³/mol. The molecule has 0 atom stereocenters. The van der Waals surface area contributed by atoms with Gasteiger partial charge < -0.3 is 4.57 Å². The molecular formula is C19H17ClN2. The molecule has 0 bridgehead atoms. The van der Waals surface area contributed by atoms with Crippen molar-refractivity contribution in [3.05, 3.63) is 77.1 Å². The molecule has 3 rings (SSSR count). The highest BCUT2D eigenvalue weighted by molar-refractivity contribution is 6.30. The predicted octanol–water partition coefficient (Wildman–Crippen LogP) is 5.44. The summed E-state index contributed by atoms with van der Waals surface area (Å²) in [6.45, 7) is 6.81. The Balaban J connectivity index is 2.01. The molecule has 22 heavy (non-hydrogen) atoms. The lowest BCUT2D eigenvalue weighted by Gasteiger charge is -2.06. The van der Waals surface area contributed by atoms with Gasteiger partial charge in [-0.05, 0) is 42.8 Å². The second kappa shape index (κ2) is 6.20. The Labute approximate surface area is 135 Å². The fourth-order valence-electron chi connectivity index (χ4n) is 2.40. The number of aromatic nitrogens is 2. The van der Waals surface area contributed by atoms with Gasteiger partial charge in [-0.2, -0.15) is 0 Å². The average molecular weight is 309 g/mol. The van der Waals surface area contributed by atoms with E-state index in [1.165, 1.54) is 0 Å². The second-order valence-electron chi connectivity index (χ2n) is 5.39. The van der Waals surface area contributed by atoms with E-state index in [0.717, 1.165) is 39.6 Å². The summed E-state index contributed by atoms with van der Waals surface area (Å²) in [5, 5.41) is 0.742. The summed E-state index contributed by atoms with van der Waals surface area (Å²) in [5.41, 5.74) is 4.32. The standard InChI is InChI=1S/C19H17ClN2/c1-14(2)13-22-18-6-4-3-5-17(18)21-19(22)12-9-15-7-10-16(20)11-8-15/h3-12H,1,13H2,2H3. The number of hydrogen-bond donors (Lipinski definition) is 0. The van der Waals surface area contributed by atoms with E-state index in [2.05, 4.69) is 17.2 Å². The number of allylic oxidation sites excluding steroid dienone is 1. The SMILES string of the molecule is C=C(C)Cn1c(C=Cc2ccc(Cl)cc2)nc2ccccc21. The van der Waals surface area contributed by atoms with E-state index in [4.69, 9.17) is 16.6 Å². The summed E-state index contributed by atoms with van der Waals surface area (Å²) in [6.07, 6.45) is 4.08. The van der Waals surface area contributed by atoms with Crippen molar-refractivity contribution in [2.24, 2.45) is 0 Å². The number of benzene rings is 2. The van der Waals surface area contributed by atoms with Crippen LogP contribution in [0.4, 0.5) is 0 Å². The summed E-state index contributed by atoms with van der Waals surface area (Å²) >= 11 is 5.91. The number of halogens is 1. The van der Waals surface area contributed by atoms with E-state index in [0.29, 0.717) is 0 Å². The van der Waals surface area contributed by atoms with Crippen molar-refractivity contribution in [2.75, 3.05) is 0 Å². The van der Waals surface area contributed by atoms with Gasteiger partial charge in [-0.25, -0.2) is 4.98 Å². The third kappa shape index (κ3) is 3.12. The molecule has 2 nitrogen and oxygen atoms in total. The molecule has 0 aliphatic rings. The van der Waals surface area contributed by atoms with Gasteiger partial charge in [0.15, 0.2) is 0 Å². The fourth-order valence-corrected chi connectivity index (χ4v) is 2.53. The smallest absolute Gasteiger partial charge is 0.134 e. The fraction of sp³-hybridized carbons (Fsp3) is 0.105. The third-order valence-electron chi connectivity index (χ3n) is 3.41. The first kappa shape index (κ1) is 14.6. The van der Waals surface area contributed by atoms with Crippen LogP contribution >= 0.6 is 11.6 Å². The summed E-state index contributed by atoms with van der Waals surface area (Å²) in [5.74, 6) is 0.930. The van der Waals surface area contributed by atoms with Crippen LogP contribution in [0.15, 0.2) is 60.7 Å². The van der Waals surface area contributed by atoms with Crippen molar-refractivity contribution >= 4 is 34.8 Å². The molecule has 0 saturated carbocycles. The zero-order chi connectivity index (χ0) is 15.5. The van der Waals surface area contributed by atoms with E-state index < -0.39 is 0 Å². The molecule has 0 saturated heterocycles. The highest BCUT2D eigenvalue weighted by Crippen LogP contribution is 2.19. The molecule has 0 aliphatic carbocycles. The van der Waals surface area contributed by atoms with E-state index in [1.54, 1.807) is 0 Å². The van der Waals surface area contributed by atoms with Crippen LogP contribution in [0.2, 0.25) is 5.02 Å². The molecule has 0 radical (unpaired) electrons. The molecule has 3 aromatic rings. The van der Waals surface area contributed by atoms with Gasteiger partial charge in [-0.1, -0.05) is 54.1 Å². The third-order valence-corrected chi connectivity index (χ3v) is 3.66. The van der Waals surface area contributed by atoms with Crippen molar-refractivity contribution in [2.45, 2.75) is 13.5 Å². The molecular weight excluding hydrogens is 292 g/mol. The van der Waals surface area contributed by atoms with Crippen LogP contribution in [0.1, 0.15) is 18.3 Å². The zero-order valence-corrected chi connectivity index (χ0v) is 13.2. The number of nitrogens with zero attached hydrogens (tertiary/aromatic N) is 2. The molecule has 0 fully saturated rings. The van der Waals surface area contributed by atoms with Gasteiger partial charge in [-0.3, -0.25) is 0 Å². The van der Waals surface area contributed by atoms with Gasteiger partial charge in [0.1, 0.15) is 5.82 Å². The van der Waals surface area contributed by atoms with Crippen LogP contribution < -0.4 is 0 Å². The molecule has 0 unspecified atom stereocenters. The van der Waals surface area contributed by atoms with E-state index in [9.17, 15) is 0 Å². The quantitative estimate of drug-likeness (QED) is 0.587. The monoisotopic (exact) mass is 308 g/mol. The molecule has 2 aromatic carbocycles. The molecule has 1 heterocycles. The highest BCUT2D eigenvalue weighted by atomic mass is 35.5. The van der Waals surface area contributed by atoms with Crippen molar-refractivity contribution < 1.29 is 0 Å². The van der Waals surface area contributed by atoms with Crippen LogP contribution in [0.5, 0.6) is 0 Å². The Morgan fingerprint density at radius 1 is 1.14 bits per heavy atom. The molecule has 0 amide bonds. The number of imidazole rings is 1. The van der Waals surface area contributed by atoms with Crippen LogP contribution in [0.3, 0.4) is 0 Å². The zero-order valence-electron chi connectivity index (χ0n) is 12.5. The minimum Gasteiger partial charge on any atom is -0.320 e. The van der Waals surface area contributed by atoms with Gasteiger partial charge in [0, 0.05) is 11.6 Å². The average Bonchev–Trinajstić information content (AvgIpc) is 2.84. The van der Waals surface area contributed by atoms with Gasteiger partial charge in [-0.15, -0.1) is 0 Å². The van der Waals surface area contributed by atoms with Gasteiger partial charge in [0.25, 0.3) is 0 Å². The van der Waals surface area contributed by atoms with E-state index >= 15 is 0 Å². The maximum absolute atomic E-state index is 5.91. The lowest BCUT2D eigenvalue weighted by molar-refractivity contribution is 0.801. The lowest BCUT2D eigenvalue weighted by atomic mass is 10.2. The van der Waals surface area contributed by atoms with Crippen LogP contribution in [0, 0.1) is 0 Å². The van der Waals surface area contributed by atoms with Crippen LogP contribution in [-0.4, -0.2) is 9.55 Å². The Bertz CT molecular complexity index is 842. The van der Waals surface area contributed by atoms with Crippen molar-refractivity contribution in [3.8, 4) is 0 Å². The molecule has 1 aromatic heterocycles. The second-order valence-corrected chi connectivity index (χ2v) is 5.82. The first-order chi connectivity index (χ1) is 10.6. The Morgan fingerprint density at radius 3 is 2.59 bits per heavy atom. The van der Waals surface area contributed by atoms with E-state index in [1.807, 2.05) is 61.5 Å². The van der Waals surface area contributed by atoms with Gasteiger partial charge in [0.2, 0.25) is 0 Å². The highest BCUT2D eigenvalue weighted by Gasteiger charge is 2.07. The minimum atomic E-state index is 0.742. The summed E-state index contributed by atoms with van der Waals surface area (Å²) < 4.78 is 2.18. The Morgan fingerprint density at radius 2 is 1.86 bits per heavy atom. The van der Waals surface area contributed by atoms with Crippen LogP contribution in [-0.2, 0) is 6.54 Å². The largest absolute Gasteiger partial charge is 0.320 e. The van der Waals surface area contributed by atoms with Crippen molar-refractivity contribution in [3.63, 3.8) is 0 Å². The normalized spacial score (nSPS) is 11.4. The minimum absolute atomic E-state index is 0.742. The maximum Gasteiger partial charge on any atom is 0.134 e. The number of para-hydroxylation sites is 2. The number of fused-ring (bicyclic) bond motifs is 1. The van der Waals surface area contributed by atoms with Crippen LogP contribution in [0.25, 0.3) is 23.2 Å². The first-order valence-electron chi connectivity index (χ1n) is 7.17. The number of hydrogen-bond acceptors (Lipinski definition) is 1. The summed E-state index contributed by atoms with van der Waals surface area (Å²) in [6, 6.07) is 15.9. The Kier molecular flexibility index (Phi) is 4.12. The molecule has 0 N–H and O–H groups in total. The number of rotatable bonds is 4. The summed E-state index contributed by atoms with van der Waals surface area (Å²) in [7, 11) is 0. The molecule has 110 valence electrons. The maximum atomic E-state index is 5.91. The molecule has 0 spiro atoms. The van der Waals surface area contributed by atoms with Crippen molar-refractivity contribution in [1.82, 2.24) is 9.55 Å². The van der Waals surface area contributed by atoms with Crippen molar-refractivity contribution in [1.29, 1.82) is 0 Å². The summed E-state index contributed by atoms with van der Waals surface area (Å²) in [4.78, 5) is 4.71. The topological polar surface area (TPSA) is 17.8 Å². The van der Waals surface area contributed by atoms with E-state index in [-0.39, 0.29) is 0 Å². The Hall–Kier alpha value is -2.32. The first-order valence-corrected chi connectivity index (χ1v) is 7.54. The lowest BCUT2D eigenvalue weighted by Crippen LogP contribution is -2.00. The molecule has 0 aliphatic heterocycles. The van der Waals surface area contributed by atoms with Gasteiger partial charge in [0.05, 0.1) is 11.0 Å². The van der Waals surface area contributed by atoms with Gasteiger partial charge >= 0.3 is 0 Å².